The molecule has 2 aromatic carbocycles. The van der Waals surface area contributed by atoms with Gasteiger partial charge >= 0.3 is 0 Å². The molecule has 1 aliphatic heterocycles. The highest BCUT2D eigenvalue weighted by molar-refractivity contribution is 7.80. The summed E-state index contributed by atoms with van der Waals surface area (Å²) in [5.74, 6) is 2.09. The van der Waals surface area contributed by atoms with Gasteiger partial charge in [-0.25, -0.2) is 0 Å². The summed E-state index contributed by atoms with van der Waals surface area (Å²) >= 11 is 4.95. The minimum absolute atomic E-state index is 0.00981. The number of methoxy groups -OCH3 is 1. The summed E-state index contributed by atoms with van der Waals surface area (Å²) in [7, 11) is 1.61. The van der Waals surface area contributed by atoms with E-state index in [9.17, 15) is 4.79 Å². The van der Waals surface area contributed by atoms with E-state index in [2.05, 4.69) is 0 Å². The number of unbranched alkanes of at least 4 members (excludes halogenated alkanes) is 5. The molecule has 0 fully saturated rings. The van der Waals surface area contributed by atoms with Crippen molar-refractivity contribution in [2.45, 2.75) is 58.2 Å². The molecule has 2 N–H and O–H groups in total. The molecule has 1 aliphatic rings. The van der Waals surface area contributed by atoms with Crippen molar-refractivity contribution in [2.24, 2.45) is 5.73 Å². The molecule has 0 amide bonds. The quantitative estimate of drug-likeness (QED) is 0.316. The number of ketones is 1. The third-order valence-corrected chi connectivity index (χ3v) is 5.95. The van der Waals surface area contributed by atoms with Gasteiger partial charge in [-0.1, -0.05) is 37.9 Å². The van der Waals surface area contributed by atoms with Gasteiger partial charge in [0.05, 0.1) is 26.9 Å². The van der Waals surface area contributed by atoms with E-state index in [0.29, 0.717) is 41.9 Å². The number of hydrogen-bond acceptors (Lipinski definition) is 6. The van der Waals surface area contributed by atoms with Crippen LogP contribution >= 0.6 is 12.2 Å². The molecule has 0 aromatic heterocycles. The molecule has 6 nitrogen and oxygen atoms in total. The predicted octanol–water partition coefficient (Wildman–Crippen LogP) is 5.23. The van der Waals surface area contributed by atoms with E-state index in [1.54, 1.807) is 20.1 Å². The van der Waals surface area contributed by atoms with E-state index in [1.165, 1.54) is 0 Å². The summed E-state index contributed by atoms with van der Waals surface area (Å²) in [6.07, 6.45) is 6.11. The van der Waals surface area contributed by atoms with Crippen molar-refractivity contribution in [1.82, 2.24) is 0 Å². The van der Waals surface area contributed by atoms with Crippen LogP contribution in [0.3, 0.4) is 0 Å². The number of ether oxygens (including phenoxy) is 4. The molecule has 0 radical (unpaired) electrons. The molecular weight excluding hydrogens is 438 g/mol. The van der Waals surface area contributed by atoms with Gasteiger partial charge in [0, 0.05) is 11.1 Å². The van der Waals surface area contributed by atoms with Gasteiger partial charge in [0.15, 0.2) is 17.3 Å². The van der Waals surface area contributed by atoms with Crippen molar-refractivity contribution in [3.63, 3.8) is 0 Å². The lowest BCUT2D eigenvalue weighted by atomic mass is 9.97. The Morgan fingerprint density at radius 3 is 2.27 bits per heavy atom. The first-order valence-corrected chi connectivity index (χ1v) is 11.9. The number of Topliss-reactive ketones (excluding diaryl/α,β-unsaturated/α-hetero) is 1. The van der Waals surface area contributed by atoms with Crippen molar-refractivity contribution >= 4 is 23.0 Å². The van der Waals surface area contributed by atoms with Gasteiger partial charge in [-0.3, -0.25) is 4.79 Å². The van der Waals surface area contributed by atoms with E-state index < -0.39 is 6.10 Å². The molecule has 1 heterocycles. The molecule has 0 bridgehead atoms. The lowest BCUT2D eigenvalue weighted by Crippen LogP contribution is -2.27. The monoisotopic (exact) mass is 471 g/mol. The van der Waals surface area contributed by atoms with Crippen LogP contribution in [0.15, 0.2) is 36.4 Å². The van der Waals surface area contributed by atoms with Gasteiger partial charge in [-0.05, 0) is 61.7 Å². The van der Waals surface area contributed by atoms with Gasteiger partial charge in [-0.15, -0.1) is 0 Å². The van der Waals surface area contributed by atoms with E-state index in [1.807, 2.05) is 30.3 Å². The van der Waals surface area contributed by atoms with E-state index in [0.717, 1.165) is 55.4 Å². The number of rotatable bonds is 13. The molecule has 2 aromatic rings. The van der Waals surface area contributed by atoms with Gasteiger partial charge in [0.1, 0.15) is 16.8 Å². The molecule has 178 valence electrons. The Morgan fingerprint density at radius 2 is 1.64 bits per heavy atom. The zero-order valence-corrected chi connectivity index (χ0v) is 20.2. The van der Waals surface area contributed by atoms with Crippen LogP contribution in [0.5, 0.6) is 17.2 Å². The second-order valence-electron chi connectivity index (χ2n) is 8.18. The van der Waals surface area contributed by atoms with E-state index in [-0.39, 0.29) is 5.78 Å². The first-order chi connectivity index (χ1) is 16.0. The highest BCUT2D eigenvalue weighted by atomic mass is 32.1. The maximum atomic E-state index is 12.4. The van der Waals surface area contributed by atoms with Crippen molar-refractivity contribution in [1.29, 1.82) is 0 Å². The highest BCUT2D eigenvalue weighted by Gasteiger charge is 2.26. The number of thiocarbonyl (C=S) groups is 1. The second-order valence-corrected chi connectivity index (χ2v) is 8.62. The van der Waals surface area contributed by atoms with E-state index >= 15 is 0 Å². The summed E-state index contributed by atoms with van der Waals surface area (Å²) in [5.41, 5.74) is 7.97. The Balaban J connectivity index is 1.29. The molecule has 0 aliphatic carbocycles. The number of carbonyl (C=O) groups excluding carboxylic acids is 1. The Hall–Kier alpha value is -2.64. The zero-order valence-electron chi connectivity index (χ0n) is 19.4. The van der Waals surface area contributed by atoms with Crippen LogP contribution in [0.25, 0.3) is 0 Å². The van der Waals surface area contributed by atoms with Crippen LogP contribution in [0.1, 0.15) is 66.9 Å². The van der Waals surface area contributed by atoms with Crippen LogP contribution in [0.4, 0.5) is 0 Å². The first-order valence-electron chi connectivity index (χ1n) is 11.5. The van der Waals surface area contributed by atoms with Gasteiger partial charge < -0.3 is 24.7 Å². The smallest absolute Gasteiger partial charge is 0.191 e. The van der Waals surface area contributed by atoms with E-state index in [4.69, 9.17) is 36.9 Å². The first kappa shape index (κ1) is 25.0. The van der Waals surface area contributed by atoms with Crippen LogP contribution in [0.2, 0.25) is 0 Å². The number of fused-ring (bicyclic) bond motifs is 1. The molecular formula is C26H33NO5S. The van der Waals surface area contributed by atoms with Gasteiger partial charge in [0.2, 0.25) is 0 Å². The fraction of sp³-hybridized carbons (Fsp3) is 0.462. The highest BCUT2D eigenvalue weighted by Crippen LogP contribution is 2.34. The summed E-state index contributed by atoms with van der Waals surface area (Å²) in [6, 6.07) is 11.2. The normalized spacial score (nSPS) is 15.1. The minimum Gasteiger partial charge on any atom is -0.494 e. The largest absolute Gasteiger partial charge is 0.494 e. The van der Waals surface area contributed by atoms with Crippen molar-refractivity contribution in [2.75, 3.05) is 20.3 Å². The fourth-order valence-corrected chi connectivity index (χ4v) is 3.87. The second kappa shape index (κ2) is 12.6. The Kier molecular flexibility index (Phi) is 9.51. The molecule has 7 heteroatoms. The molecule has 3 rings (SSSR count). The minimum atomic E-state index is -0.417. The summed E-state index contributed by atoms with van der Waals surface area (Å²) in [4.78, 5) is 12.8. The van der Waals surface area contributed by atoms with Crippen molar-refractivity contribution in [3.8, 4) is 17.2 Å². The lowest BCUT2D eigenvalue weighted by Gasteiger charge is -2.23. The van der Waals surface area contributed by atoms with Crippen LogP contribution in [-0.4, -0.2) is 37.2 Å². The number of benzene rings is 2. The number of carbonyl (C=O) groups is 1. The third kappa shape index (κ3) is 7.17. The summed E-state index contributed by atoms with van der Waals surface area (Å²) < 4.78 is 22.6. The van der Waals surface area contributed by atoms with Crippen LogP contribution in [0, 0.1) is 0 Å². The Morgan fingerprint density at radius 1 is 1.00 bits per heavy atom. The van der Waals surface area contributed by atoms with Crippen molar-refractivity contribution in [3.05, 3.63) is 53.1 Å². The number of hydrogen-bond donors (Lipinski definition) is 1. The SMILES string of the molecule is COc1cc2c(cc1OCCCCCCCCOc1ccc(C(N)=S)cc1)C(=O)C(C)OC2. The fourth-order valence-electron chi connectivity index (χ4n) is 3.73. The Bertz CT molecular complexity index is 944. The topological polar surface area (TPSA) is 80.0 Å². The molecule has 0 saturated heterocycles. The maximum absolute atomic E-state index is 12.4. The standard InChI is InChI=1S/C26H33NO5S/c1-18-25(28)22-16-24(23(29-2)15-20(22)17-32-18)31-14-8-6-4-3-5-7-13-30-21-11-9-19(10-12-21)26(27)33/h9-12,15-16,18H,3-8,13-14,17H2,1-2H3,(H2,27,33). The third-order valence-electron chi connectivity index (χ3n) is 5.72. The Labute approximate surface area is 201 Å². The maximum Gasteiger partial charge on any atom is 0.191 e. The van der Waals surface area contributed by atoms with Gasteiger partial charge in [-0.2, -0.15) is 0 Å². The summed E-state index contributed by atoms with van der Waals surface area (Å²) in [6.45, 7) is 3.49. The molecule has 1 atom stereocenters. The average molecular weight is 472 g/mol. The molecule has 1 unspecified atom stereocenters. The van der Waals surface area contributed by atoms with Crippen molar-refractivity contribution < 1.29 is 23.7 Å². The molecule has 0 saturated carbocycles. The molecule has 33 heavy (non-hydrogen) atoms. The predicted molar refractivity (Wildman–Crippen MR) is 133 cm³/mol. The van der Waals surface area contributed by atoms with Gasteiger partial charge in [0.25, 0.3) is 0 Å². The van der Waals surface area contributed by atoms with Crippen LogP contribution in [-0.2, 0) is 11.3 Å². The lowest BCUT2D eigenvalue weighted by molar-refractivity contribution is 0.0335. The summed E-state index contributed by atoms with van der Waals surface area (Å²) in [5, 5.41) is 0. The van der Waals surface area contributed by atoms with Crippen LogP contribution < -0.4 is 19.9 Å². The molecule has 0 spiro atoms. The average Bonchev–Trinajstić information content (AvgIpc) is 2.82. The zero-order chi connectivity index (χ0) is 23.6. The number of nitrogens with two attached hydrogens (primary N) is 1.